The fraction of sp³-hybridized carbons (Fsp3) is 0.462. The van der Waals surface area contributed by atoms with Crippen LogP contribution in [0.5, 0.6) is 0 Å². The summed E-state index contributed by atoms with van der Waals surface area (Å²) >= 11 is 0. The number of fused-ring (bicyclic) bond motifs is 1. The van der Waals surface area contributed by atoms with Crippen molar-refractivity contribution in [3.63, 3.8) is 0 Å². The third-order valence-electron chi connectivity index (χ3n) is 3.79. The van der Waals surface area contributed by atoms with Crippen molar-refractivity contribution in [2.45, 2.75) is 0 Å². The van der Waals surface area contributed by atoms with Gasteiger partial charge in [0.2, 0.25) is 0 Å². The number of nitrogens with one attached hydrogen (secondary N) is 1. The quantitative estimate of drug-likeness (QED) is 0.766. The van der Waals surface area contributed by atoms with E-state index in [1.165, 1.54) is 6.20 Å². The van der Waals surface area contributed by atoms with Gasteiger partial charge in [-0.05, 0) is 24.0 Å². The zero-order valence-corrected chi connectivity index (χ0v) is 9.97. The first-order valence-electron chi connectivity index (χ1n) is 6.14. The highest BCUT2D eigenvalue weighted by molar-refractivity contribution is 5.92. The predicted octanol–water partition coefficient (Wildman–Crippen LogP) is 0.245. The molecule has 0 unspecified atom stereocenters. The molecule has 0 bridgehead atoms. The van der Waals surface area contributed by atoms with Gasteiger partial charge < -0.3 is 10.2 Å². The lowest BCUT2D eigenvalue weighted by atomic mass is 10.0. The smallest absolute Gasteiger partial charge is 0.272 e. The van der Waals surface area contributed by atoms with Gasteiger partial charge in [0.15, 0.2) is 0 Å². The Balaban J connectivity index is 1.73. The fourth-order valence-corrected chi connectivity index (χ4v) is 2.77. The van der Waals surface area contributed by atoms with Gasteiger partial charge in [-0.1, -0.05) is 0 Å². The van der Waals surface area contributed by atoms with E-state index in [4.69, 9.17) is 5.26 Å². The number of hydrogen-bond acceptors (Lipinski definition) is 4. The summed E-state index contributed by atoms with van der Waals surface area (Å²) in [6, 6.07) is 5.27. The van der Waals surface area contributed by atoms with E-state index in [1.807, 2.05) is 11.0 Å². The highest BCUT2D eigenvalue weighted by Gasteiger charge is 2.38. The van der Waals surface area contributed by atoms with E-state index in [2.05, 4.69) is 10.3 Å². The molecule has 0 aromatic carbocycles. The molecule has 0 aliphatic carbocycles. The summed E-state index contributed by atoms with van der Waals surface area (Å²) in [5.74, 6) is 1.16. The number of hydrogen-bond donors (Lipinski definition) is 1. The maximum Gasteiger partial charge on any atom is 0.272 e. The summed E-state index contributed by atoms with van der Waals surface area (Å²) in [5.41, 5.74) is 0.913. The molecule has 2 aliphatic rings. The van der Waals surface area contributed by atoms with E-state index < -0.39 is 0 Å². The normalized spacial score (nSPS) is 25.8. The summed E-state index contributed by atoms with van der Waals surface area (Å²) in [5, 5.41) is 12.0. The highest BCUT2D eigenvalue weighted by atomic mass is 16.2. The van der Waals surface area contributed by atoms with Gasteiger partial charge in [-0.25, -0.2) is 4.98 Å². The molecule has 3 heterocycles. The van der Waals surface area contributed by atoms with Crippen LogP contribution in [0.1, 0.15) is 16.1 Å². The molecular weight excluding hydrogens is 228 g/mol. The number of carbonyl (C=O) groups is 1. The van der Waals surface area contributed by atoms with Crippen LogP contribution in [0, 0.1) is 23.2 Å². The van der Waals surface area contributed by atoms with Gasteiger partial charge in [-0.2, -0.15) is 5.26 Å². The molecule has 5 heteroatoms. The van der Waals surface area contributed by atoms with Crippen molar-refractivity contribution in [1.82, 2.24) is 15.2 Å². The minimum atomic E-state index is -0.0195. The predicted molar refractivity (Wildman–Crippen MR) is 64.7 cm³/mol. The van der Waals surface area contributed by atoms with Crippen LogP contribution in [0.25, 0.3) is 0 Å². The summed E-state index contributed by atoms with van der Waals surface area (Å²) in [6.07, 6.45) is 1.45. The molecule has 0 spiro atoms. The van der Waals surface area contributed by atoms with Crippen LogP contribution in [0.4, 0.5) is 0 Å². The lowest BCUT2D eigenvalue weighted by molar-refractivity contribution is 0.0776. The van der Waals surface area contributed by atoms with Crippen LogP contribution >= 0.6 is 0 Å². The van der Waals surface area contributed by atoms with Gasteiger partial charge in [0.05, 0.1) is 5.56 Å². The SMILES string of the molecule is N#Cc1ccc(C(=O)N2C[C@H]3CNC[C@H]3C2)nc1. The van der Waals surface area contributed by atoms with Gasteiger partial charge in [0.1, 0.15) is 11.8 Å². The van der Waals surface area contributed by atoms with E-state index in [0.717, 1.165) is 26.2 Å². The molecule has 0 radical (unpaired) electrons. The van der Waals surface area contributed by atoms with Crippen LogP contribution in [0.15, 0.2) is 18.3 Å². The molecule has 5 nitrogen and oxygen atoms in total. The Morgan fingerprint density at radius 2 is 2.11 bits per heavy atom. The molecule has 92 valence electrons. The number of amides is 1. The Hall–Kier alpha value is -1.93. The zero-order chi connectivity index (χ0) is 12.5. The first-order chi connectivity index (χ1) is 8.78. The standard InChI is InChI=1S/C13H14N4O/c14-3-9-1-2-12(16-4-9)13(18)17-7-10-5-15-6-11(10)8-17/h1-2,4,10-11,15H,5-8H2/t10-,11+. The molecule has 2 saturated heterocycles. The van der Waals surface area contributed by atoms with Crippen molar-refractivity contribution in [3.05, 3.63) is 29.6 Å². The number of rotatable bonds is 1. The number of nitriles is 1. The lowest BCUT2D eigenvalue weighted by Gasteiger charge is -2.16. The molecule has 3 rings (SSSR count). The van der Waals surface area contributed by atoms with Gasteiger partial charge >= 0.3 is 0 Å². The van der Waals surface area contributed by atoms with Crippen molar-refractivity contribution >= 4 is 5.91 Å². The second-order valence-corrected chi connectivity index (χ2v) is 4.93. The van der Waals surface area contributed by atoms with Crippen LogP contribution in [0.2, 0.25) is 0 Å². The average molecular weight is 242 g/mol. The Morgan fingerprint density at radius 1 is 1.39 bits per heavy atom. The van der Waals surface area contributed by atoms with E-state index in [9.17, 15) is 4.79 Å². The van der Waals surface area contributed by atoms with E-state index >= 15 is 0 Å². The molecule has 18 heavy (non-hydrogen) atoms. The summed E-state index contributed by atoms with van der Waals surface area (Å²) in [4.78, 5) is 18.2. The Morgan fingerprint density at radius 3 is 2.67 bits per heavy atom. The maximum atomic E-state index is 12.2. The molecule has 2 fully saturated rings. The third kappa shape index (κ3) is 1.85. The first-order valence-corrected chi connectivity index (χ1v) is 6.14. The molecule has 1 N–H and O–H groups in total. The molecule has 2 aliphatic heterocycles. The van der Waals surface area contributed by atoms with Crippen molar-refractivity contribution in [2.75, 3.05) is 26.2 Å². The molecule has 1 aromatic rings. The number of pyridine rings is 1. The van der Waals surface area contributed by atoms with Crippen LogP contribution in [-0.4, -0.2) is 42.0 Å². The minimum absolute atomic E-state index is 0.0195. The van der Waals surface area contributed by atoms with Gasteiger partial charge in [-0.15, -0.1) is 0 Å². The molecule has 2 atom stereocenters. The lowest BCUT2D eigenvalue weighted by Crippen LogP contribution is -2.32. The van der Waals surface area contributed by atoms with Crippen LogP contribution < -0.4 is 5.32 Å². The van der Waals surface area contributed by atoms with E-state index in [1.54, 1.807) is 12.1 Å². The van der Waals surface area contributed by atoms with Crippen molar-refractivity contribution in [1.29, 1.82) is 5.26 Å². The van der Waals surface area contributed by atoms with E-state index in [0.29, 0.717) is 23.1 Å². The highest BCUT2D eigenvalue weighted by Crippen LogP contribution is 2.27. The van der Waals surface area contributed by atoms with Crippen molar-refractivity contribution in [2.24, 2.45) is 11.8 Å². The summed E-state index contributed by atoms with van der Waals surface area (Å²) in [6.45, 7) is 3.65. The number of likely N-dealkylation sites (tertiary alicyclic amines) is 1. The molecular formula is C13H14N4O. The number of carbonyl (C=O) groups excluding carboxylic acids is 1. The first kappa shape index (κ1) is 11.2. The van der Waals surface area contributed by atoms with Gasteiger partial charge in [0, 0.05) is 32.4 Å². The second kappa shape index (κ2) is 4.39. The summed E-state index contributed by atoms with van der Waals surface area (Å²) in [7, 11) is 0. The Kier molecular flexibility index (Phi) is 2.73. The average Bonchev–Trinajstić information content (AvgIpc) is 2.99. The topological polar surface area (TPSA) is 69.0 Å². The number of aromatic nitrogens is 1. The molecule has 1 aromatic heterocycles. The second-order valence-electron chi connectivity index (χ2n) is 4.93. The van der Waals surface area contributed by atoms with Gasteiger partial charge in [-0.3, -0.25) is 4.79 Å². The molecule has 0 saturated carbocycles. The Bertz CT molecular complexity index is 493. The molecule has 1 amide bonds. The zero-order valence-electron chi connectivity index (χ0n) is 9.97. The summed E-state index contributed by atoms with van der Waals surface area (Å²) < 4.78 is 0. The van der Waals surface area contributed by atoms with Crippen molar-refractivity contribution in [3.8, 4) is 6.07 Å². The van der Waals surface area contributed by atoms with Crippen molar-refractivity contribution < 1.29 is 4.79 Å². The fourth-order valence-electron chi connectivity index (χ4n) is 2.77. The monoisotopic (exact) mass is 242 g/mol. The third-order valence-corrected chi connectivity index (χ3v) is 3.79. The number of nitrogens with zero attached hydrogens (tertiary/aromatic N) is 3. The van der Waals surface area contributed by atoms with E-state index in [-0.39, 0.29) is 5.91 Å². The maximum absolute atomic E-state index is 12.2. The van der Waals surface area contributed by atoms with Crippen LogP contribution in [0.3, 0.4) is 0 Å². The van der Waals surface area contributed by atoms with Crippen LogP contribution in [-0.2, 0) is 0 Å². The van der Waals surface area contributed by atoms with Gasteiger partial charge in [0.25, 0.3) is 5.91 Å². The Labute approximate surface area is 105 Å². The largest absolute Gasteiger partial charge is 0.337 e. The minimum Gasteiger partial charge on any atom is -0.337 e.